The van der Waals surface area contributed by atoms with E-state index in [2.05, 4.69) is 10.4 Å². The Hall–Kier alpha value is -1.85. The molecule has 0 saturated heterocycles. The van der Waals surface area contributed by atoms with E-state index >= 15 is 0 Å². The van der Waals surface area contributed by atoms with E-state index < -0.39 is 16.9 Å². The average molecular weight is 267 g/mol. The van der Waals surface area contributed by atoms with Crippen LogP contribution < -0.4 is 5.32 Å². The third-order valence-electron chi connectivity index (χ3n) is 3.78. The van der Waals surface area contributed by atoms with Crippen LogP contribution >= 0.6 is 0 Å². The first kappa shape index (κ1) is 15.2. The first-order valence-corrected chi connectivity index (χ1v) is 6.05. The van der Waals surface area contributed by atoms with Gasteiger partial charge in [-0.1, -0.05) is 0 Å². The lowest BCUT2D eigenvalue weighted by Gasteiger charge is -2.38. The number of amides is 1. The van der Waals surface area contributed by atoms with Crippen molar-refractivity contribution in [3.05, 3.63) is 17.5 Å². The van der Waals surface area contributed by atoms with Crippen LogP contribution in [0.1, 0.15) is 43.7 Å². The van der Waals surface area contributed by atoms with Crippen molar-refractivity contribution < 1.29 is 14.7 Å². The zero-order valence-corrected chi connectivity index (χ0v) is 12.2. The normalized spacial score (nSPS) is 12.3. The van der Waals surface area contributed by atoms with Gasteiger partial charge in [-0.3, -0.25) is 14.3 Å². The van der Waals surface area contributed by atoms with Crippen LogP contribution in [0.2, 0.25) is 0 Å². The van der Waals surface area contributed by atoms with E-state index in [4.69, 9.17) is 0 Å². The lowest BCUT2D eigenvalue weighted by molar-refractivity contribution is -0.150. The maximum atomic E-state index is 12.2. The highest BCUT2D eigenvalue weighted by molar-refractivity contribution is 5.96. The molecular formula is C13H21N3O3. The second-order valence-electron chi connectivity index (χ2n) is 5.81. The van der Waals surface area contributed by atoms with Gasteiger partial charge in [0.05, 0.1) is 22.2 Å². The second kappa shape index (κ2) is 4.68. The molecule has 0 spiro atoms. The van der Waals surface area contributed by atoms with E-state index in [-0.39, 0.29) is 5.91 Å². The van der Waals surface area contributed by atoms with E-state index in [1.807, 2.05) is 0 Å². The van der Waals surface area contributed by atoms with Gasteiger partial charge in [-0.2, -0.15) is 5.10 Å². The van der Waals surface area contributed by atoms with Gasteiger partial charge in [0, 0.05) is 13.2 Å². The molecule has 1 heterocycles. The number of rotatable bonds is 4. The van der Waals surface area contributed by atoms with Gasteiger partial charge in [0.2, 0.25) is 0 Å². The molecule has 0 aliphatic rings. The highest BCUT2D eigenvalue weighted by Gasteiger charge is 2.44. The molecule has 106 valence electrons. The molecule has 0 fully saturated rings. The van der Waals surface area contributed by atoms with Crippen LogP contribution in [0.5, 0.6) is 0 Å². The monoisotopic (exact) mass is 267 g/mol. The lowest BCUT2D eigenvalue weighted by Crippen LogP contribution is -2.57. The Balaban J connectivity index is 2.99. The van der Waals surface area contributed by atoms with Crippen molar-refractivity contribution in [1.29, 1.82) is 0 Å². The third kappa shape index (κ3) is 2.77. The predicted molar refractivity (Wildman–Crippen MR) is 70.9 cm³/mol. The number of hydrogen-bond donors (Lipinski definition) is 2. The zero-order valence-electron chi connectivity index (χ0n) is 12.2. The van der Waals surface area contributed by atoms with Crippen LogP contribution in [0.3, 0.4) is 0 Å². The van der Waals surface area contributed by atoms with Crippen LogP contribution in [0.4, 0.5) is 0 Å². The Kier molecular flexibility index (Phi) is 3.74. The highest BCUT2D eigenvalue weighted by atomic mass is 16.4. The van der Waals surface area contributed by atoms with Crippen LogP contribution in [-0.2, 0) is 11.8 Å². The van der Waals surface area contributed by atoms with Crippen LogP contribution in [-0.4, -0.2) is 32.3 Å². The van der Waals surface area contributed by atoms with E-state index in [9.17, 15) is 14.7 Å². The molecule has 0 bridgehead atoms. The van der Waals surface area contributed by atoms with Crippen molar-refractivity contribution in [1.82, 2.24) is 15.1 Å². The molecule has 1 rings (SSSR count). The largest absolute Gasteiger partial charge is 0.481 e. The summed E-state index contributed by atoms with van der Waals surface area (Å²) in [5.41, 5.74) is -0.905. The van der Waals surface area contributed by atoms with Crippen molar-refractivity contribution in [2.24, 2.45) is 12.5 Å². The average Bonchev–Trinajstić information content (AvgIpc) is 2.56. The van der Waals surface area contributed by atoms with Crippen molar-refractivity contribution in [3.8, 4) is 0 Å². The van der Waals surface area contributed by atoms with Crippen molar-refractivity contribution in [2.45, 2.75) is 40.2 Å². The van der Waals surface area contributed by atoms with Crippen LogP contribution in [0.15, 0.2) is 6.20 Å². The number of aliphatic carboxylic acids is 1. The molecule has 0 unspecified atom stereocenters. The van der Waals surface area contributed by atoms with Gasteiger partial charge in [0.25, 0.3) is 5.91 Å². The number of nitrogens with one attached hydrogen (secondary N) is 1. The maximum Gasteiger partial charge on any atom is 0.311 e. The Morgan fingerprint density at radius 1 is 1.32 bits per heavy atom. The third-order valence-corrected chi connectivity index (χ3v) is 3.78. The summed E-state index contributed by atoms with van der Waals surface area (Å²) in [6, 6.07) is 0. The van der Waals surface area contributed by atoms with E-state index in [1.54, 1.807) is 52.5 Å². The number of hydrogen-bond acceptors (Lipinski definition) is 3. The van der Waals surface area contributed by atoms with Gasteiger partial charge in [0.15, 0.2) is 0 Å². The topological polar surface area (TPSA) is 84.2 Å². The zero-order chi connectivity index (χ0) is 15.0. The van der Waals surface area contributed by atoms with Gasteiger partial charge in [-0.15, -0.1) is 0 Å². The summed E-state index contributed by atoms with van der Waals surface area (Å²) >= 11 is 0. The van der Waals surface area contributed by atoms with E-state index in [1.165, 1.54) is 0 Å². The molecule has 0 aliphatic carbocycles. The number of aromatic nitrogens is 2. The molecule has 0 aliphatic heterocycles. The molecule has 0 radical (unpaired) electrons. The molecule has 2 N–H and O–H groups in total. The summed E-state index contributed by atoms with van der Waals surface area (Å²) < 4.78 is 1.56. The fourth-order valence-electron chi connectivity index (χ4n) is 1.60. The summed E-state index contributed by atoms with van der Waals surface area (Å²) in [5, 5.41) is 16.1. The number of nitrogens with zero attached hydrogens (tertiary/aromatic N) is 2. The van der Waals surface area contributed by atoms with E-state index in [0.29, 0.717) is 11.3 Å². The Labute approximate surface area is 112 Å². The molecule has 1 aromatic heterocycles. The highest BCUT2D eigenvalue weighted by Crippen LogP contribution is 2.31. The summed E-state index contributed by atoms with van der Waals surface area (Å²) in [5.74, 6) is -1.27. The SMILES string of the molecule is Cc1nn(C)cc1C(=O)NC(C)(C)C(C)(C)C(=O)O. The van der Waals surface area contributed by atoms with Gasteiger partial charge in [0.1, 0.15) is 0 Å². The number of carbonyl (C=O) groups is 2. The summed E-state index contributed by atoms with van der Waals surface area (Å²) in [4.78, 5) is 23.5. The summed E-state index contributed by atoms with van der Waals surface area (Å²) in [7, 11) is 1.73. The second-order valence-corrected chi connectivity index (χ2v) is 5.81. The van der Waals surface area contributed by atoms with Gasteiger partial charge in [-0.05, 0) is 34.6 Å². The number of aryl methyl sites for hydroxylation is 2. The standard InChI is InChI=1S/C13H21N3O3/c1-8-9(7-16(6)15-8)10(17)14-13(4,5)12(2,3)11(18)19/h7H,1-6H3,(H,14,17)(H,18,19). The minimum atomic E-state index is -1.08. The van der Waals surface area contributed by atoms with Crippen LogP contribution in [0, 0.1) is 12.3 Å². The smallest absolute Gasteiger partial charge is 0.311 e. The van der Waals surface area contributed by atoms with Gasteiger partial charge < -0.3 is 10.4 Å². The number of carbonyl (C=O) groups excluding carboxylic acids is 1. The molecule has 6 nitrogen and oxygen atoms in total. The molecule has 6 heteroatoms. The van der Waals surface area contributed by atoms with Gasteiger partial charge >= 0.3 is 5.97 Å². The molecule has 0 saturated carbocycles. The van der Waals surface area contributed by atoms with Crippen molar-refractivity contribution in [3.63, 3.8) is 0 Å². The molecule has 19 heavy (non-hydrogen) atoms. The number of carboxylic acid groups (broad SMARTS) is 1. The first-order valence-electron chi connectivity index (χ1n) is 6.05. The molecule has 0 atom stereocenters. The Morgan fingerprint density at radius 2 is 1.84 bits per heavy atom. The first-order chi connectivity index (χ1) is 8.49. The molecule has 1 aromatic rings. The fraction of sp³-hybridized carbons (Fsp3) is 0.615. The quantitative estimate of drug-likeness (QED) is 0.862. The predicted octanol–water partition coefficient (Wildman–Crippen LogP) is 1.35. The Morgan fingerprint density at radius 3 is 2.21 bits per heavy atom. The number of carboxylic acids is 1. The van der Waals surface area contributed by atoms with E-state index in [0.717, 1.165) is 0 Å². The minimum absolute atomic E-state index is 0.315. The fourth-order valence-corrected chi connectivity index (χ4v) is 1.60. The molecular weight excluding hydrogens is 246 g/mol. The maximum absolute atomic E-state index is 12.2. The van der Waals surface area contributed by atoms with Gasteiger partial charge in [-0.25, -0.2) is 0 Å². The van der Waals surface area contributed by atoms with Crippen molar-refractivity contribution >= 4 is 11.9 Å². The molecule has 1 amide bonds. The summed E-state index contributed by atoms with van der Waals surface area (Å²) in [6.45, 7) is 8.32. The minimum Gasteiger partial charge on any atom is -0.481 e. The Bertz CT molecular complexity index is 515. The van der Waals surface area contributed by atoms with Crippen molar-refractivity contribution in [2.75, 3.05) is 0 Å². The lowest BCUT2D eigenvalue weighted by atomic mass is 9.74. The summed E-state index contributed by atoms with van der Waals surface area (Å²) in [6.07, 6.45) is 1.62. The van der Waals surface area contributed by atoms with Crippen LogP contribution in [0.25, 0.3) is 0 Å². The molecule has 0 aromatic carbocycles.